The van der Waals surface area contributed by atoms with E-state index in [-0.39, 0.29) is 5.91 Å². The van der Waals surface area contributed by atoms with E-state index in [1.807, 2.05) is 24.3 Å². The highest BCUT2D eigenvalue weighted by Gasteiger charge is 2.06. The van der Waals surface area contributed by atoms with Crippen molar-refractivity contribution in [2.45, 2.75) is 0 Å². The number of hydrogen-bond acceptors (Lipinski definition) is 4. The number of rotatable bonds is 3. The quantitative estimate of drug-likeness (QED) is 0.798. The number of carbonyl (C=O) groups excluding carboxylic acids is 1. The van der Waals surface area contributed by atoms with Gasteiger partial charge < -0.3 is 5.32 Å². The summed E-state index contributed by atoms with van der Waals surface area (Å²) in [6.45, 7) is 0. The summed E-state index contributed by atoms with van der Waals surface area (Å²) in [6.07, 6.45) is 6.57. The molecular formula is C16H12N4O. The van der Waals surface area contributed by atoms with E-state index >= 15 is 0 Å². The third kappa shape index (κ3) is 3.09. The minimum absolute atomic E-state index is 0.230. The van der Waals surface area contributed by atoms with Gasteiger partial charge in [0.25, 0.3) is 5.91 Å². The van der Waals surface area contributed by atoms with Gasteiger partial charge >= 0.3 is 0 Å². The lowest BCUT2D eigenvalue weighted by molar-refractivity contribution is 0.102. The summed E-state index contributed by atoms with van der Waals surface area (Å²) in [4.78, 5) is 24.0. The Morgan fingerprint density at radius 2 is 1.67 bits per heavy atom. The molecule has 21 heavy (non-hydrogen) atoms. The van der Waals surface area contributed by atoms with Crippen LogP contribution in [0.4, 0.5) is 5.69 Å². The number of benzene rings is 1. The van der Waals surface area contributed by atoms with Gasteiger partial charge in [-0.3, -0.25) is 9.78 Å². The highest BCUT2D eigenvalue weighted by molar-refractivity contribution is 6.02. The number of aromatic nitrogens is 3. The van der Waals surface area contributed by atoms with E-state index in [1.54, 1.807) is 36.8 Å². The Morgan fingerprint density at radius 3 is 2.33 bits per heavy atom. The first kappa shape index (κ1) is 12.9. The third-order valence-electron chi connectivity index (χ3n) is 2.93. The van der Waals surface area contributed by atoms with Crippen LogP contribution in [-0.4, -0.2) is 20.9 Å². The van der Waals surface area contributed by atoms with Gasteiger partial charge in [0.2, 0.25) is 0 Å². The van der Waals surface area contributed by atoms with Crippen LogP contribution in [0.25, 0.3) is 11.1 Å². The van der Waals surface area contributed by atoms with Gasteiger partial charge in [0.1, 0.15) is 12.0 Å². The molecule has 0 saturated heterocycles. The van der Waals surface area contributed by atoms with Gasteiger partial charge in [-0.2, -0.15) is 0 Å². The first-order valence-electron chi connectivity index (χ1n) is 6.41. The Bertz CT molecular complexity index is 727. The van der Waals surface area contributed by atoms with Crippen LogP contribution in [0.3, 0.4) is 0 Å². The second kappa shape index (κ2) is 5.92. The standard InChI is InChI=1S/C16H12N4O/c21-16(15-3-1-2-8-19-15)20-14-6-4-12(5-7-14)13-9-17-11-18-10-13/h1-11H,(H,20,21). The lowest BCUT2D eigenvalue weighted by Gasteiger charge is -2.06. The van der Waals surface area contributed by atoms with Crippen molar-refractivity contribution in [3.05, 3.63) is 73.1 Å². The molecule has 0 radical (unpaired) electrons. The van der Waals surface area contributed by atoms with Crippen molar-refractivity contribution in [2.75, 3.05) is 5.32 Å². The highest BCUT2D eigenvalue weighted by Crippen LogP contribution is 2.19. The average molecular weight is 276 g/mol. The van der Waals surface area contributed by atoms with Gasteiger partial charge in [-0.25, -0.2) is 9.97 Å². The molecule has 5 nitrogen and oxygen atoms in total. The number of amides is 1. The predicted octanol–water partition coefficient (Wildman–Crippen LogP) is 2.79. The molecule has 1 N–H and O–H groups in total. The lowest BCUT2D eigenvalue weighted by Crippen LogP contribution is -2.13. The zero-order chi connectivity index (χ0) is 14.5. The normalized spacial score (nSPS) is 10.1. The molecule has 0 atom stereocenters. The van der Waals surface area contributed by atoms with Crippen LogP contribution in [0.5, 0.6) is 0 Å². The topological polar surface area (TPSA) is 67.8 Å². The number of nitrogens with zero attached hydrogens (tertiary/aromatic N) is 3. The summed E-state index contributed by atoms with van der Waals surface area (Å²) in [6, 6.07) is 12.7. The van der Waals surface area contributed by atoms with Crippen LogP contribution in [-0.2, 0) is 0 Å². The van der Waals surface area contributed by atoms with Crippen molar-refractivity contribution in [1.29, 1.82) is 0 Å². The Hall–Kier alpha value is -3.08. The molecule has 0 spiro atoms. The summed E-state index contributed by atoms with van der Waals surface area (Å²) in [5, 5.41) is 2.80. The minimum Gasteiger partial charge on any atom is -0.321 e. The van der Waals surface area contributed by atoms with Crippen molar-refractivity contribution >= 4 is 11.6 Å². The molecule has 1 aromatic carbocycles. The van der Waals surface area contributed by atoms with Gasteiger partial charge in [-0.15, -0.1) is 0 Å². The van der Waals surface area contributed by atoms with Crippen molar-refractivity contribution in [3.8, 4) is 11.1 Å². The number of pyridine rings is 1. The van der Waals surface area contributed by atoms with E-state index in [0.717, 1.165) is 11.1 Å². The Morgan fingerprint density at radius 1 is 0.905 bits per heavy atom. The molecule has 3 rings (SSSR count). The molecule has 0 saturated carbocycles. The van der Waals surface area contributed by atoms with Crippen LogP contribution >= 0.6 is 0 Å². The van der Waals surface area contributed by atoms with Crippen LogP contribution in [0, 0.1) is 0 Å². The second-order valence-electron chi connectivity index (χ2n) is 4.37. The molecule has 0 fully saturated rings. The molecule has 0 aliphatic heterocycles. The predicted molar refractivity (Wildman–Crippen MR) is 79.7 cm³/mol. The van der Waals surface area contributed by atoms with Crippen molar-refractivity contribution in [2.24, 2.45) is 0 Å². The van der Waals surface area contributed by atoms with E-state index in [4.69, 9.17) is 0 Å². The van der Waals surface area contributed by atoms with E-state index < -0.39 is 0 Å². The summed E-state index contributed by atoms with van der Waals surface area (Å²) >= 11 is 0. The zero-order valence-electron chi connectivity index (χ0n) is 11.1. The van der Waals surface area contributed by atoms with Gasteiger partial charge in [-0.05, 0) is 29.8 Å². The molecule has 2 heterocycles. The summed E-state index contributed by atoms with van der Waals surface area (Å²) < 4.78 is 0. The summed E-state index contributed by atoms with van der Waals surface area (Å²) in [5.74, 6) is -0.230. The first-order valence-corrected chi connectivity index (χ1v) is 6.41. The van der Waals surface area contributed by atoms with Crippen molar-refractivity contribution in [1.82, 2.24) is 15.0 Å². The maximum absolute atomic E-state index is 12.0. The lowest BCUT2D eigenvalue weighted by atomic mass is 10.1. The summed E-state index contributed by atoms with van der Waals surface area (Å²) in [7, 11) is 0. The van der Waals surface area contributed by atoms with Gasteiger partial charge in [-0.1, -0.05) is 18.2 Å². The maximum atomic E-state index is 12.0. The molecule has 0 aliphatic carbocycles. The minimum atomic E-state index is -0.230. The average Bonchev–Trinajstić information content (AvgIpc) is 2.57. The fourth-order valence-electron chi connectivity index (χ4n) is 1.89. The number of anilines is 1. The third-order valence-corrected chi connectivity index (χ3v) is 2.93. The van der Waals surface area contributed by atoms with E-state index in [1.165, 1.54) is 6.33 Å². The van der Waals surface area contributed by atoms with E-state index in [9.17, 15) is 4.79 Å². The fourth-order valence-corrected chi connectivity index (χ4v) is 1.89. The molecule has 102 valence electrons. The smallest absolute Gasteiger partial charge is 0.274 e. The van der Waals surface area contributed by atoms with Crippen LogP contribution < -0.4 is 5.32 Å². The molecule has 2 aromatic heterocycles. The molecule has 5 heteroatoms. The monoisotopic (exact) mass is 276 g/mol. The Kier molecular flexibility index (Phi) is 3.64. The molecular weight excluding hydrogens is 264 g/mol. The fraction of sp³-hybridized carbons (Fsp3) is 0. The van der Waals surface area contributed by atoms with Crippen LogP contribution in [0.15, 0.2) is 67.4 Å². The van der Waals surface area contributed by atoms with Gasteiger partial charge in [0, 0.05) is 29.8 Å². The summed E-state index contributed by atoms with van der Waals surface area (Å²) in [5.41, 5.74) is 3.02. The number of carbonyl (C=O) groups is 1. The SMILES string of the molecule is O=C(Nc1ccc(-c2cncnc2)cc1)c1ccccn1. The largest absolute Gasteiger partial charge is 0.321 e. The first-order chi connectivity index (χ1) is 10.3. The molecule has 0 bridgehead atoms. The van der Waals surface area contributed by atoms with Crippen LogP contribution in [0.2, 0.25) is 0 Å². The van der Waals surface area contributed by atoms with Crippen LogP contribution in [0.1, 0.15) is 10.5 Å². The zero-order valence-corrected chi connectivity index (χ0v) is 11.1. The molecule has 0 unspecified atom stereocenters. The Balaban J connectivity index is 1.75. The second-order valence-corrected chi connectivity index (χ2v) is 4.37. The Labute approximate surface area is 121 Å². The molecule has 3 aromatic rings. The molecule has 0 aliphatic rings. The van der Waals surface area contributed by atoms with E-state index in [2.05, 4.69) is 20.3 Å². The van der Waals surface area contributed by atoms with Crippen molar-refractivity contribution < 1.29 is 4.79 Å². The van der Waals surface area contributed by atoms with Gasteiger partial charge in [0.05, 0.1) is 0 Å². The number of nitrogens with one attached hydrogen (secondary N) is 1. The van der Waals surface area contributed by atoms with Crippen molar-refractivity contribution in [3.63, 3.8) is 0 Å². The van der Waals surface area contributed by atoms with Gasteiger partial charge in [0.15, 0.2) is 0 Å². The maximum Gasteiger partial charge on any atom is 0.274 e. The van der Waals surface area contributed by atoms with E-state index in [0.29, 0.717) is 11.4 Å². The molecule has 1 amide bonds. The number of hydrogen-bond donors (Lipinski definition) is 1. The highest BCUT2D eigenvalue weighted by atomic mass is 16.1.